The maximum atomic E-state index is 9.43. The third-order valence-corrected chi connectivity index (χ3v) is 4.57. The molecule has 1 aliphatic carbocycles. The van der Waals surface area contributed by atoms with Crippen LogP contribution in [0.5, 0.6) is 0 Å². The van der Waals surface area contributed by atoms with Gasteiger partial charge in [0.05, 0.1) is 6.61 Å². The molecule has 0 aromatic heterocycles. The molecule has 0 aliphatic heterocycles. The van der Waals surface area contributed by atoms with Crippen LogP contribution in [0.15, 0.2) is 0 Å². The second-order valence-electron chi connectivity index (χ2n) is 6.90. The van der Waals surface area contributed by atoms with Gasteiger partial charge in [-0.05, 0) is 52.1 Å². The van der Waals surface area contributed by atoms with Crippen LogP contribution in [0.4, 0.5) is 0 Å². The lowest BCUT2D eigenvalue weighted by Crippen LogP contribution is -2.44. The molecule has 0 aromatic rings. The first kappa shape index (κ1) is 16.9. The summed E-state index contributed by atoms with van der Waals surface area (Å²) in [6.07, 6.45) is 7.79. The van der Waals surface area contributed by atoms with Crippen LogP contribution < -0.4 is 5.32 Å². The van der Waals surface area contributed by atoms with Crippen molar-refractivity contribution in [1.29, 1.82) is 0 Å². The summed E-state index contributed by atoms with van der Waals surface area (Å²) in [4.78, 5) is 2.70. The molecule has 0 amide bonds. The van der Waals surface area contributed by atoms with Crippen LogP contribution >= 0.6 is 0 Å². The van der Waals surface area contributed by atoms with E-state index in [4.69, 9.17) is 0 Å². The number of nitrogens with zero attached hydrogens (tertiary/aromatic N) is 1. The zero-order valence-electron chi connectivity index (χ0n) is 13.4. The van der Waals surface area contributed by atoms with E-state index >= 15 is 0 Å². The molecule has 0 radical (unpaired) electrons. The molecule has 1 saturated carbocycles. The summed E-state index contributed by atoms with van der Waals surface area (Å²) in [6, 6.07) is 0.817. The molecule has 1 unspecified atom stereocenters. The number of nitrogens with one attached hydrogen (secondary N) is 1. The highest BCUT2D eigenvalue weighted by atomic mass is 16.3. The molecule has 1 aliphatic rings. The van der Waals surface area contributed by atoms with E-state index in [9.17, 15) is 5.11 Å². The highest BCUT2D eigenvalue weighted by Gasteiger charge is 2.25. The Bertz CT molecular complexity index is 233. The van der Waals surface area contributed by atoms with Crippen molar-refractivity contribution in [2.24, 2.45) is 5.92 Å². The van der Waals surface area contributed by atoms with E-state index in [1.54, 1.807) is 0 Å². The van der Waals surface area contributed by atoms with E-state index in [1.807, 2.05) is 7.05 Å². The molecule has 1 atom stereocenters. The molecule has 0 heterocycles. The first-order valence-electron chi connectivity index (χ1n) is 8.04. The van der Waals surface area contributed by atoms with Gasteiger partial charge in [0.2, 0.25) is 0 Å². The predicted octanol–water partition coefficient (Wildman–Crippen LogP) is 2.64. The van der Waals surface area contributed by atoms with Crippen LogP contribution in [0.1, 0.15) is 59.3 Å². The number of hydrogen-bond donors (Lipinski definition) is 2. The molecule has 0 bridgehead atoms. The molecule has 19 heavy (non-hydrogen) atoms. The molecule has 0 saturated heterocycles. The van der Waals surface area contributed by atoms with Crippen LogP contribution in [-0.4, -0.2) is 48.3 Å². The van der Waals surface area contributed by atoms with Crippen LogP contribution in [0.25, 0.3) is 0 Å². The molecular formula is C16H34N2O. The van der Waals surface area contributed by atoms with Crippen LogP contribution in [0, 0.1) is 5.92 Å². The number of rotatable bonds is 9. The predicted molar refractivity (Wildman–Crippen MR) is 82.5 cm³/mol. The van der Waals surface area contributed by atoms with Gasteiger partial charge in [-0.3, -0.25) is 0 Å². The summed E-state index contributed by atoms with van der Waals surface area (Å²) < 4.78 is 0. The Morgan fingerprint density at radius 3 is 2.42 bits per heavy atom. The fourth-order valence-electron chi connectivity index (χ4n) is 3.12. The van der Waals surface area contributed by atoms with E-state index in [0.717, 1.165) is 18.4 Å². The molecule has 0 spiro atoms. The number of hydrogen-bond acceptors (Lipinski definition) is 3. The van der Waals surface area contributed by atoms with Gasteiger partial charge in [0, 0.05) is 18.1 Å². The molecule has 1 rings (SSSR count). The van der Waals surface area contributed by atoms with E-state index in [0.29, 0.717) is 0 Å². The topological polar surface area (TPSA) is 35.5 Å². The zero-order chi connectivity index (χ0) is 14.3. The van der Waals surface area contributed by atoms with E-state index in [-0.39, 0.29) is 12.1 Å². The van der Waals surface area contributed by atoms with Gasteiger partial charge >= 0.3 is 0 Å². The van der Waals surface area contributed by atoms with Crippen molar-refractivity contribution in [2.45, 2.75) is 70.9 Å². The Balaban J connectivity index is 2.39. The highest BCUT2D eigenvalue weighted by molar-refractivity contribution is 4.83. The quantitative estimate of drug-likeness (QED) is 0.676. The number of aliphatic hydroxyl groups excluding tert-OH is 1. The summed E-state index contributed by atoms with van der Waals surface area (Å²) in [6.45, 7) is 9.35. The Kier molecular flexibility index (Phi) is 7.33. The van der Waals surface area contributed by atoms with Crippen molar-refractivity contribution in [3.63, 3.8) is 0 Å². The largest absolute Gasteiger partial charge is 0.394 e. The van der Waals surface area contributed by atoms with E-state index < -0.39 is 0 Å². The minimum Gasteiger partial charge on any atom is -0.394 e. The van der Waals surface area contributed by atoms with E-state index in [2.05, 4.69) is 31.0 Å². The van der Waals surface area contributed by atoms with Crippen molar-refractivity contribution in [3.05, 3.63) is 0 Å². The first-order chi connectivity index (χ1) is 9.00. The molecule has 1 fully saturated rings. The van der Waals surface area contributed by atoms with Crippen molar-refractivity contribution < 1.29 is 5.11 Å². The second-order valence-corrected chi connectivity index (χ2v) is 6.90. The second kappa shape index (κ2) is 8.23. The first-order valence-corrected chi connectivity index (χ1v) is 8.04. The van der Waals surface area contributed by atoms with Gasteiger partial charge in [-0.15, -0.1) is 0 Å². The average Bonchev–Trinajstić information content (AvgIpc) is 2.90. The monoisotopic (exact) mass is 270 g/mol. The average molecular weight is 270 g/mol. The van der Waals surface area contributed by atoms with Crippen molar-refractivity contribution in [1.82, 2.24) is 10.2 Å². The zero-order valence-corrected chi connectivity index (χ0v) is 13.4. The van der Waals surface area contributed by atoms with Gasteiger partial charge in [-0.1, -0.05) is 26.7 Å². The molecule has 0 aromatic carbocycles. The lowest BCUT2D eigenvalue weighted by molar-refractivity contribution is 0.144. The van der Waals surface area contributed by atoms with Crippen molar-refractivity contribution >= 4 is 0 Å². The lowest BCUT2D eigenvalue weighted by atomic mass is 9.96. The Morgan fingerprint density at radius 2 is 1.95 bits per heavy atom. The standard InChI is InChI=1S/C16H34N2O/c1-14(2)12-18(15-8-5-6-9-15)11-7-10-16(3,13-19)17-4/h14-15,17,19H,5-13H2,1-4H3. The minimum atomic E-state index is -0.112. The van der Waals surface area contributed by atoms with Crippen molar-refractivity contribution in [2.75, 3.05) is 26.7 Å². The van der Waals surface area contributed by atoms with Crippen LogP contribution in [-0.2, 0) is 0 Å². The van der Waals surface area contributed by atoms with Gasteiger partial charge < -0.3 is 15.3 Å². The van der Waals surface area contributed by atoms with E-state index in [1.165, 1.54) is 45.2 Å². The Hall–Kier alpha value is -0.120. The summed E-state index contributed by atoms with van der Waals surface area (Å²) in [5.74, 6) is 0.745. The summed E-state index contributed by atoms with van der Waals surface area (Å²) >= 11 is 0. The normalized spacial score (nSPS) is 20.4. The Labute approximate surface area is 119 Å². The summed E-state index contributed by atoms with van der Waals surface area (Å²) in [7, 11) is 1.94. The fraction of sp³-hybridized carbons (Fsp3) is 1.00. The highest BCUT2D eigenvalue weighted by Crippen LogP contribution is 2.25. The number of aliphatic hydroxyl groups is 1. The fourth-order valence-corrected chi connectivity index (χ4v) is 3.12. The van der Waals surface area contributed by atoms with Gasteiger partial charge in [-0.25, -0.2) is 0 Å². The van der Waals surface area contributed by atoms with Gasteiger partial charge in [0.1, 0.15) is 0 Å². The summed E-state index contributed by atoms with van der Waals surface area (Å²) in [5, 5.41) is 12.7. The van der Waals surface area contributed by atoms with Crippen LogP contribution in [0.3, 0.4) is 0 Å². The number of likely N-dealkylation sites (N-methyl/N-ethyl adjacent to an activating group) is 1. The molecule has 114 valence electrons. The van der Waals surface area contributed by atoms with Gasteiger partial charge in [-0.2, -0.15) is 0 Å². The molecule has 3 heteroatoms. The molecule has 2 N–H and O–H groups in total. The molecular weight excluding hydrogens is 236 g/mol. The minimum absolute atomic E-state index is 0.112. The van der Waals surface area contributed by atoms with Gasteiger partial charge in [0.15, 0.2) is 0 Å². The van der Waals surface area contributed by atoms with Crippen molar-refractivity contribution in [3.8, 4) is 0 Å². The smallest absolute Gasteiger partial charge is 0.0610 e. The molecule has 3 nitrogen and oxygen atoms in total. The maximum Gasteiger partial charge on any atom is 0.0610 e. The van der Waals surface area contributed by atoms with Crippen LogP contribution in [0.2, 0.25) is 0 Å². The third-order valence-electron chi connectivity index (χ3n) is 4.57. The van der Waals surface area contributed by atoms with Gasteiger partial charge in [0.25, 0.3) is 0 Å². The maximum absolute atomic E-state index is 9.43. The third kappa shape index (κ3) is 5.80. The lowest BCUT2D eigenvalue weighted by Gasteiger charge is -2.32. The SMILES string of the molecule is CNC(C)(CO)CCCN(CC(C)C)C1CCCC1. The summed E-state index contributed by atoms with van der Waals surface area (Å²) in [5.41, 5.74) is -0.112. The Morgan fingerprint density at radius 1 is 1.32 bits per heavy atom.